The molecular formula is C16H16IN7O. The second kappa shape index (κ2) is 6.54. The van der Waals surface area contributed by atoms with E-state index in [4.69, 9.17) is 0 Å². The lowest BCUT2D eigenvalue weighted by Crippen LogP contribution is -2.30. The molecule has 1 saturated carbocycles. The third-order valence-corrected chi connectivity index (χ3v) is 4.37. The maximum Gasteiger partial charge on any atom is 0.320 e. The molecule has 9 heteroatoms. The zero-order valence-corrected chi connectivity index (χ0v) is 15.6. The summed E-state index contributed by atoms with van der Waals surface area (Å²) < 4.78 is 2.11. The predicted octanol–water partition coefficient (Wildman–Crippen LogP) is 3.13. The normalized spacial score (nSPS) is 15.1. The van der Waals surface area contributed by atoms with Gasteiger partial charge in [-0.05, 0) is 38.0 Å². The van der Waals surface area contributed by atoms with E-state index in [1.54, 1.807) is 18.3 Å². The molecule has 25 heavy (non-hydrogen) atoms. The number of nitrogens with zero attached hydrogens (tertiary/aromatic N) is 5. The van der Waals surface area contributed by atoms with Crippen molar-refractivity contribution in [3.8, 4) is 11.4 Å². The van der Waals surface area contributed by atoms with E-state index in [0.29, 0.717) is 28.7 Å². The Morgan fingerprint density at radius 3 is 2.84 bits per heavy atom. The Morgan fingerprint density at radius 1 is 1.28 bits per heavy atom. The van der Waals surface area contributed by atoms with Crippen LogP contribution in [0, 0.1) is 0 Å². The fourth-order valence-electron chi connectivity index (χ4n) is 2.33. The molecule has 0 saturated heterocycles. The van der Waals surface area contributed by atoms with Gasteiger partial charge in [0.15, 0.2) is 5.65 Å². The Bertz CT molecular complexity index is 935. The van der Waals surface area contributed by atoms with Crippen molar-refractivity contribution < 1.29 is 4.79 Å². The zero-order valence-electron chi connectivity index (χ0n) is 13.5. The third kappa shape index (κ3) is 3.70. The second-order valence-electron chi connectivity index (χ2n) is 5.92. The molecular weight excluding hydrogens is 433 g/mol. The number of amides is 2. The van der Waals surface area contributed by atoms with Crippen LogP contribution in [0.3, 0.4) is 0 Å². The highest BCUT2D eigenvalue weighted by atomic mass is 127. The molecule has 8 nitrogen and oxygen atoms in total. The molecule has 128 valence electrons. The van der Waals surface area contributed by atoms with E-state index in [-0.39, 0.29) is 10.1 Å². The number of anilines is 1. The van der Waals surface area contributed by atoms with Crippen molar-refractivity contribution in [1.82, 2.24) is 30.0 Å². The standard InChI is InChI=1S/C16H16IN7O/c1-9(17)24-7-6-11(23-24)13-8-18-12-4-5-14(21-15(12)20-13)22-16(25)19-10-2-3-10/h4-10H,2-3H2,1H3,(H2,19,20,21,22,25). The summed E-state index contributed by atoms with van der Waals surface area (Å²) in [6.45, 7) is 2.05. The quantitative estimate of drug-likeness (QED) is 0.471. The minimum absolute atomic E-state index is 0.242. The maximum atomic E-state index is 11.8. The number of hydrogen-bond donors (Lipinski definition) is 2. The topological polar surface area (TPSA) is 97.6 Å². The van der Waals surface area contributed by atoms with Gasteiger partial charge < -0.3 is 5.32 Å². The van der Waals surface area contributed by atoms with Crippen molar-refractivity contribution in [1.29, 1.82) is 0 Å². The minimum Gasteiger partial charge on any atom is -0.335 e. The Morgan fingerprint density at radius 2 is 2.12 bits per heavy atom. The molecule has 3 heterocycles. The van der Waals surface area contributed by atoms with Crippen LogP contribution in [0.1, 0.15) is 23.8 Å². The number of urea groups is 1. The van der Waals surface area contributed by atoms with Crippen molar-refractivity contribution >= 4 is 45.6 Å². The highest BCUT2D eigenvalue weighted by molar-refractivity contribution is 14.1. The first kappa shape index (κ1) is 16.2. The van der Waals surface area contributed by atoms with Gasteiger partial charge in [0.25, 0.3) is 0 Å². The molecule has 0 bridgehead atoms. The molecule has 1 aliphatic rings. The van der Waals surface area contributed by atoms with Crippen LogP contribution in [-0.4, -0.2) is 36.8 Å². The summed E-state index contributed by atoms with van der Waals surface area (Å²) >= 11 is 2.29. The van der Waals surface area contributed by atoms with Gasteiger partial charge in [-0.25, -0.2) is 14.8 Å². The summed E-state index contributed by atoms with van der Waals surface area (Å²) in [7, 11) is 0. The average molecular weight is 449 g/mol. The number of pyridine rings is 1. The Hall–Kier alpha value is -2.30. The summed E-state index contributed by atoms with van der Waals surface area (Å²) in [4.78, 5) is 25.2. The van der Waals surface area contributed by atoms with Crippen LogP contribution in [0.2, 0.25) is 0 Å². The molecule has 3 aromatic rings. The summed E-state index contributed by atoms with van der Waals surface area (Å²) in [6.07, 6.45) is 5.67. The van der Waals surface area contributed by atoms with Crippen LogP contribution in [0.5, 0.6) is 0 Å². The predicted molar refractivity (Wildman–Crippen MR) is 102 cm³/mol. The summed E-state index contributed by atoms with van der Waals surface area (Å²) in [5.74, 6) is 0.448. The van der Waals surface area contributed by atoms with Gasteiger partial charge in [0.05, 0.1) is 6.20 Å². The highest BCUT2D eigenvalue weighted by Crippen LogP contribution is 2.21. The van der Waals surface area contributed by atoms with Crippen LogP contribution in [0.25, 0.3) is 22.6 Å². The van der Waals surface area contributed by atoms with Gasteiger partial charge in [-0.1, -0.05) is 22.6 Å². The van der Waals surface area contributed by atoms with Crippen LogP contribution >= 0.6 is 22.6 Å². The number of nitrogens with one attached hydrogen (secondary N) is 2. The van der Waals surface area contributed by atoms with Crippen LogP contribution in [0.15, 0.2) is 30.6 Å². The summed E-state index contributed by atoms with van der Waals surface area (Å²) in [5, 5.41) is 10.1. The molecule has 0 aliphatic heterocycles. The molecule has 4 rings (SSSR count). The van der Waals surface area contributed by atoms with E-state index in [0.717, 1.165) is 18.5 Å². The van der Waals surface area contributed by atoms with Crippen molar-refractivity contribution in [2.45, 2.75) is 29.9 Å². The molecule has 3 aromatic heterocycles. The number of rotatable bonds is 4. The number of hydrogen-bond acceptors (Lipinski definition) is 5. The fourth-order valence-corrected chi connectivity index (χ4v) is 2.64. The lowest BCUT2D eigenvalue weighted by Gasteiger charge is -2.06. The Labute approximate surface area is 157 Å². The Kier molecular flexibility index (Phi) is 4.24. The molecule has 2 N–H and O–H groups in total. The number of aromatic nitrogens is 5. The van der Waals surface area contributed by atoms with Gasteiger partial charge in [-0.3, -0.25) is 15.0 Å². The Balaban J connectivity index is 1.60. The number of carbonyl (C=O) groups excluding carboxylic acids is 1. The average Bonchev–Trinajstić information content (AvgIpc) is 3.25. The van der Waals surface area contributed by atoms with E-state index >= 15 is 0 Å². The van der Waals surface area contributed by atoms with Gasteiger partial charge in [0.2, 0.25) is 0 Å². The first-order valence-electron chi connectivity index (χ1n) is 7.99. The minimum atomic E-state index is -0.242. The van der Waals surface area contributed by atoms with Crippen molar-refractivity contribution in [3.05, 3.63) is 30.6 Å². The maximum absolute atomic E-state index is 11.8. The molecule has 1 atom stereocenters. The monoisotopic (exact) mass is 449 g/mol. The number of carbonyl (C=O) groups is 1. The first-order valence-corrected chi connectivity index (χ1v) is 9.24. The fraction of sp³-hybridized carbons (Fsp3) is 0.312. The first-order chi connectivity index (χ1) is 12.1. The van der Waals surface area contributed by atoms with Crippen molar-refractivity contribution in [3.63, 3.8) is 0 Å². The molecule has 1 fully saturated rings. The lowest BCUT2D eigenvalue weighted by atomic mass is 10.3. The molecule has 0 aromatic carbocycles. The third-order valence-electron chi connectivity index (χ3n) is 3.80. The van der Waals surface area contributed by atoms with E-state index in [1.807, 2.05) is 16.9 Å². The van der Waals surface area contributed by atoms with Gasteiger partial charge in [-0.15, -0.1) is 0 Å². The van der Waals surface area contributed by atoms with E-state index in [9.17, 15) is 4.79 Å². The van der Waals surface area contributed by atoms with E-state index in [1.165, 1.54) is 0 Å². The largest absolute Gasteiger partial charge is 0.335 e. The van der Waals surface area contributed by atoms with Crippen molar-refractivity contribution in [2.75, 3.05) is 5.32 Å². The molecule has 1 unspecified atom stereocenters. The smallest absolute Gasteiger partial charge is 0.320 e. The number of alkyl halides is 1. The number of halogens is 1. The van der Waals surface area contributed by atoms with E-state index < -0.39 is 0 Å². The highest BCUT2D eigenvalue weighted by Gasteiger charge is 2.23. The molecule has 0 radical (unpaired) electrons. The van der Waals surface area contributed by atoms with Crippen LogP contribution in [0.4, 0.5) is 10.6 Å². The summed E-state index contributed by atoms with van der Waals surface area (Å²) in [5.41, 5.74) is 2.53. The summed E-state index contributed by atoms with van der Waals surface area (Å²) in [6, 6.07) is 5.46. The van der Waals surface area contributed by atoms with Gasteiger partial charge >= 0.3 is 6.03 Å². The number of fused-ring (bicyclic) bond motifs is 1. The SMILES string of the molecule is CC(I)n1ccc(-c2cnc3ccc(NC(=O)NC4CC4)nc3n2)n1. The lowest BCUT2D eigenvalue weighted by molar-refractivity contribution is 0.251. The zero-order chi connectivity index (χ0) is 17.4. The van der Waals surface area contributed by atoms with Gasteiger partial charge in [0.1, 0.15) is 26.8 Å². The van der Waals surface area contributed by atoms with Crippen LogP contribution in [-0.2, 0) is 0 Å². The van der Waals surface area contributed by atoms with Crippen molar-refractivity contribution in [2.24, 2.45) is 0 Å². The molecule has 1 aliphatic carbocycles. The second-order valence-corrected chi connectivity index (χ2v) is 7.72. The molecule has 2 amide bonds. The van der Waals surface area contributed by atoms with Gasteiger partial charge in [0, 0.05) is 12.2 Å². The van der Waals surface area contributed by atoms with Gasteiger partial charge in [-0.2, -0.15) is 5.10 Å². The van der Waals surface area contributed by atoms with E-state index in [2.05, 4.69) is 60.2 Å². The molecule has 0 spiro atoms. The van der Waals surface area contributed by atoms with Crippen LogP contribution < -0.4 is 10.6 Å².